The number of methoxy groups -OCH3 is 3. The van der Waals surface area contributed by atoms with Crippen LogP contribution in [0.2, 0.25) is 0 Å². The molecule has 1 saturated heterocycles. The van der Waals surface area contributed by atoms with Crippen molar-refractivity contribution in [1.82, 2.24) is 14.9 Å². The van der Waals surface area contributed by atoms with Gasteiger partial charge in [0.2, 0.25) is 11.7 Å². The van der Waals surface area contributed by atoms with Gasteiger partial charge in [-0.1, -0.05) is 30.3 Å². The van der Waals surface area contributed by atoms with Crippen LogP contribution in [0.15, 0.2) is 42.5 Å². The number of hydrogen-bond donors (Lipinski definition) is 0. The van der Waals surface area contributed by atoms with Gasteiger partial charge in [-0.05, 0) is 42.5 Å². The highest BCUT2D eigenvalue weighted by atomic mass is 16.5. The number of fused-ring (bicyclic) bond motifs is 1. The number of aryl methyl sites for hydroxylation is 1. The van der Waals surface area contributed by atoms with Crippen molar-refractivity contribution < 1.29 is 19.0 Å². The van der Waals surface area contributed by atoms with Gasteiger partial charge in [0, 0.05) is 39.1 Å². The maximum atomic E-state index is 13.2. The molecule has 0 spiro atoms. The van der Waals surface area contributed by atoms with Gasteiger partial charge in [-0.25, -0.2) is 9.97 Å². The summed E-state index contributed by atoms with van der Waals surface area (Å²) in [6.45, 7) is 6.48. The molecule has 0 bridgehead atoms. The number of hydrogen-bond acceptors (Lipinski definition) is 8. The number of Topliss-reactive ketones (excluding diaryl/α,β-unsaturated/α-hetero) is 1. The van der Waals surface area contributed by atoms with Crippen molar-refractivity contribution in [2.45, 2.75) is 32.2 Å². The number of ether oxygens (including phenoxy) is 3. The van der Waals surface area contributed by atoms with Crippen molar-refractivity contribution in [1.29, 1.82) is 0 Å². The molecule has 5 rings (SSSR count). The summed E-state index contributed by atoms with van der Waals surface area (Å²) in [6.07, 6.45) is 1.05. The molecule has 1 atom stereocenters. The Morgan fingerprint density at radius 3 is 2.19 bits per heavy atom. The van der Waals surface area contributed by atoms with Crippen LogP contribution in [0.1, 0.15) is 45.2 Å². The number of piperazine rings is 1. The fraction of sp³-hybridized carbons (Fsp3) is 0.414. The maximum absolute atomic E-state index is 13.2. The van der Waals surface area contributed by atoms with Crippen LogP contribution in [0, 0.1) is 6.92 Å². The summed E-state index contributed by atoms with van der Waals surface area (Å²) in [5, 5.41) is 0. The molecule has 8 heteroatoms. The summed E-state index contributed by atoms with van der Waals surface area (Å²) in [5.74, 6) is 2.48. The molecule has 1 aromatic heterocycles. The molecule has 8 nitrogen and oxygen atoms in total. The Kier molecular flexibility index (Phi) is 7.28. The van der Waals surface area contributed by atoms with Crippen LogP contribution >= 0.6 is 0 Å². The molecule has 0 N–H and O–H groups in total. The summed E-state index contributed by atoms with van der Waals surface area (Å²) in [7, 11) is 4.79. The van der Waals surface area contributed by atoms with E-state index in [4.69, 9.17) is 24.2 Å². The zero-order valence-electron chi connectivity index (χ0n) is 22.0. The Hall–Kier alpha value is -3.65. The molecular weight excluding hydrogens is 468 g/mol. The monoisotopic (exact) mass is 502 g/mol. The van der Waals surface area contributed by atoms with Gasteiger partial charge in [0.1, 0.15) is 0 Å². The molecule has 1 aliphatic heterocycles. The number of ketones is 1. The molecule has 0 radical (unpaired) electrons. The van der Waals surface area contributed by atoms with Gasteiger partial charge < -0.3 is 19.1 Å². The molecule has 1 fully saturated rings. The molecule has 1 aliphatic carbocycles. The summed E-state index contributed by atoms with van der Waals surface area (Å²) in [6, 6.07) is 14.4. The number of anilines is 1. The van der Waals surface area contributed by atoms with E-state index >= 15 is 0 Å². The van der Waals surface area contributed by atoms with Crippen LogP contribution < -0.4 is 19.1 Å². The third kappa shape index (κ3) is 5.11. The highest BCUT2D eigenvalue weighted by Crippen LogP contribution is 2.43. The lowest BCUT2D eigenvalue weighted by Gasteiger charge is -2.35. The van der Waals surface area contributed by atoms with E-state index in [1.165, 1.54) is 5.56 Å². The third-order valence-electron chi connectivity index (χ3n) is 7.37. The number of rotatable bonds is 7. The Labute approximate surface area is 218 Å². The highest BCUT2D eigenvalue weighted by Gasteiger charge is 2.32. The number of nitrogens with zero attached hydrogens (tertiary/aromatic N) is 4. The number of carbonyl (C=O) groups is 1. The van der Waals surface area contributed by atoms with Crippen molar-refractivity contribution in [3.05, 3.63) is 70.5 Å². The van der Waals surface area contributed by atoms with Gasteiger partial charge in [-0.2, -0.15) is 0 Å². The van der Waals surface area contributed by atoms with Crippen molar-refractivity contribution >= 4 is 11.7 Å². The van der Waals surface area contributed by atoms with E-state index in [0.29, 0.717) is 41.6 Å². The van der Waals surface area contributed by atoms with E-state index in [1.807, 2.05) is 25.1 Å². The van der Waals surface area contributed by atoms with E-state index < -0.39 is 0 Å². The van der Waals surface area contributed by atoms with Crippen LogP contribution in [0.5, 0.6) is 17.2 Å². The minimum absolute atomic E-state index is 0.0291. The van der Waals surface area contributed by atoms with Gasteiger partial charge in [-0.15, -0.1) is 0 Å². The Balaban J connectivity index is 1.36. The summed E-state index contributed by atoms with van der Waals surface area (Å²) < 4.78 is 16.6. The quantitative estimate of drug-likeness (QED) is 0.479. The maximum Gasteiger partial charge on any atom is 0.225 e. The topological polar surface area (TPSA) is 77.0 Å². The van der Waals surface area contributed by atoms with E-state index in [1.54, 1.807) is 21.3 Å². The van der Waals surface area contributed by atoms with Crippen LogP contribution in [-0.4, -0.2) is 68.2 Å². The minimum atomic E-state index is -0.0291. The van der Waals surface area contributed by atoms with Crippen LogP contribution in [-0.2, 0) is 13.0 Å². The van der Waals surface area contributed by atoms with Crippen molar-refractivity contribution in [3.8, 4) is 17.2 Å². The van der Waals surface area contributed by atoms with Crippen molar-refractivity contribution in [3.63, 3.8) is 0 Å². The molecule has 37 heavy (non-hydrogen) atoms. The zero-order valence-corrected chi connectivity index (χ0v) is 22.0. The fourth-order valence-electron chi connectivity index (χ4n) is 5.42. The fourth-order valence-corrected chi connectivity index (χ4v) is 5.42. The lowest BCUT2D eigenvalue weighted by molar-refractivity contribution is 0.0961. The molecule has 0 amide bonds. The largest absolute Gasteiger partial charge is 0.493 e. The van der Waals surface area contributed by atoms with E-state index in [9.17, 15) is 4.79 Å². The van der Waals surface area contributed by atoms with Crippen molar-refractivity contribution in [2.75, 3.05) is 52.4 Å². The van der Waals surface area contributed by atoms with Gasteiger partial charge in [-0.3, -0.25) is 9.69 Å². The first kappa shape index (κ1) is 25.0. The second kappa shape index (κ2) is 10.8. The summed E-state index contributed by atoms with van der Waals surface area (Å²) in [5.41, 5.74) is 4.56. The SMILES string of the molecule is COc1cc([C@H]2CC(=O)c3c(C)nc(N4CCN(Cc5ccccc5)CC4)nc3C2)cc(OC)c1OC. The van der Waals surface area contributed by atoms with Crippen LogP contribution in [0.25, 0.3) is 0 Å². The molecule has 0 saturated carbocycles. The van der Waals surface area contributed by atoms with Crippen molar-refractivity contribution in [2.24, 2.45) is 0 Å². The minimum Gasteiger partial charge on any atom is -0.493 e. The van der Waals surface area contributed by atoms with E-state index in [0.717, 1.165) is 49.7 Å². The molecule has 194 valence electrons. The number of carbonyl (C=O) groups excluding carboxylic acids is 1. The standard InChI is InChI=1S/C29H34N4O4/c1-19-27-23(14-21(15-24(27)34)22-16-25(35-2)28(37-4)26(17-22)36-3)31-29(30-19)33-12-10-32(11-13-33)18-20-8-6-5-7-9-20/h5-9,16-17,21H,10-15,18H2,1-4H3/t21-/m1/s1. The number of benzene rings is 2. The molecule has 3 aromatic rings. The van der Waals surface area contributed by atoms with Crippen LogP contribution in [0.4, 0.5) is 5.95 Å². The predicted molar refractivity (Wildman–Crippen MR) is 142 cm³/mol. The molecular formula is C29H34N4O4. The normalized spacial score (nSPS) is 17.9. The molecule has 0 unspecified atom stereocenters. The highest BCUT2D eigenvalue weighted by molar-refractivity contribution is 5.99. The first-order chi connectivity index (χ1) is 18.0. The van der Waals surface area contributed by atoms with Gasteiger partial charge in [0.15, 0.2) is 17.3 Å². The van der Waals surface area contributed by atoms with Crippen LogP contribution in [0.3, 0.4) is 0 Å². The lowest BCUT2D eigenvalue weighted by Crippen LogP contribution is -2.46. The second-order valence-electron chi connectivity index (χ2n) is 9.67. The van der Waals surface area contributed by atoms with Gasteiger partial charge >= 0.3 is 0 Å². The number of aromatic nitrogens is 2. The summed E-state index contributed by atoms with van der Waals surface area (Å²) in [4.78, 5) is 27.6. The average Bonchev–Trinajstić information content (AvgIpc) is 2.92. The predicted octanol–water partition coefficient (Wildman–Crippen LogP) is 4.05. The zero-order chi connectivity index (χ0) is 25.9. The first-order valence-electron chi connectivity index (χ1n) is 12.7. The first-order valence-corrected chi connectivity index (χ1v) is 12.7. The Morgan fingerprint density at radius 2 is 1.57 bits per heavy atom. The molecule has 2 heterocycles. The molecule has 2 aliphatic rings. The lowest BCUT2D eigenvalue weighted by atomic mass is 9.81. The van der Waals surface area contributed by atoms with Gasteiger partial charge in [0.05, 0.1) is 38.3 Å². The van der Waals surface area contributed by atoms with Gasteiger partial charge in [0.25, 0.3) is 0 Å². The van der Waals surface area contributed by atoms with E-state index in [-0.39, 0.29) is 11.7 Å². The summed E-state index contributed by atoms with van der Waals surface area (Å²) >= 11 is 0. The van der Waals surface area contributed by atoms with E-state index in [2.05, 4.69) is 34.1 Å². The Bertz CT molecular complexity index is 1250. The third-order valence-corrected chi connectivity index (χ3v) is 7.37. The molecule has 2 aromatic carbocycles. The smallest absolute Gasteiger partial charge is 0.225 e. The Morgan fingerprint density at radius 1 is 0.892 bits per heavy atom. The second-order valence-corrected chi connectivity index (χ2v) is 9.67. The average molecular weight is 503 g/mol.